The van der Waals surface area contributed by atoms with Crippen molar-refractivity contribution in [3.63, 3.8) is 0 Å². The van der Waals surface area contributed by atoms with E-state index in [2.05, 4.69) is 22.2 Å². The number of carboxylic acid groups (broad SMARTS) is 1. The summed E-state index contributed by atoms with van der Waals surface area (Å²) >= 11 is 1.45. The summed E-state index contributed by atoms with van der Waals surface area (Å²) < 4.78 is 13.1. The largest absolute Gasteiger partial charge is 0.478 e. The molecule has 1 aromatic heterocycles. The van der Waals surface area contributed by atoms with Crippen LogP contribution in [0.4, 0.5) is 0 Å². The number of hydrogen-bond donors (Lipinski definition) is 3. The Bertz CT molecular complexity index is 1830. The molecule has 9 nitrogen and oxygen atoms in total. The molecule has 6 rings (SSSR count). The molecule has 5 aromatic rings. The van der Waals surface area contributed by atoms with Crippen LogP contribution < -0.4 is 5.32 Å². The number of thioether (sulfide) groups is 1. The number of aromatic nitrogens is 2. The van der Waals surface area contributed by atoms with Crippen molar-refractivity contribution in [3.8, 4) is 0 Å². The van der Waals surface area contributed by atoms with Gasteiger partial charge in [-0.05, 0) is 41.0 Å². The number of ether oxygens (including phenoxy) is 2. The molecule has 1 aliphatic rings. The van der Waals surface area contributed by atoms with E-state index in [1.807, 2.05) is 84.9 Å². The Morgan fingerprint density at radius 3 is 2.26 bits per heavy atom. The Balaban J connectivity index is 1.17. The molecule has 0 bridgehead atoms. The van der Waals surface area contributed by atoms with Crippen LogP contribution >= 0.6 is 11.8 Å². The number of rotatable bonds is 10. The van der Waals surface area contributed by atoms with Crippen molar-refractivity contribution in [2.45, 2.75) is 43.5 Å². The minimum Gasteiger partial charge on any atom is -0.478 e. The van der Waals surface area contributed by atoms with Crippen molar-refractivity contribution in [1.82, 2.24) is 15.3 Å². The van der Waals surface area contributed by atoms with Gasteiger partial charge in [0, 0.05) is 28.7 Å². The molecule has 0 aliphatic carbocycles. The van der Waals surface area contributed by atoms with E-state index >= 15 is 0 Å². The first-order chi connectivity index (χ1) is 22.4. The number of benzene rings is 4. The average Bonchev–Trinajstić information content (AvgIpc) is 3.10. The van der Waals surface area contributed by atoms with Crippen molar-refractivity contribution in [2.75, 3.05) is 5.75 Å². The van der Waals surface area contributed by atoms with Gasteiger partial charge in [0.25, 0.3) is 5.91 Å². The van der Waals surface area contributed by atoms with E-state index < -0.39 is 12.3 Å². The maximum absolute atomic E-state index is 12.8. The monoisotopic (exact) mass is 635 g/mol. The lowest BCUT2D eigenvalue weighted by atomic mass is 9.91. The number of aliphatic hydroxyl groups excluding tert-OH is 1. The number of nitrogens with one attached hydrogen (secondary N) is 1. The highest BCUT2D eigenvalue weighted by atomic mass is 32.2. The smallest absolute Gasteiger partial charge is 0.336 e. The maximum Gasteiger partial charge on any atom is 0.336 e. The van der Waals surface area contributed by atoms with Crippen LogP contribution in [0.25, 0.3) is 11.0 Å². The van der Waals surface area contributed by atoms with Crippen LogP contribution in [0.1, 0.15) is 62.4 Å². The van der Waals surface area contributed by atoms with Crippen LogP contribution in [0.3, 0.4) is 0 Å². The lowest BCUT2D eigenvalue weighted by molar-refractivity contribution is -0.268. The predicted molar refractivity (Wildman–Crippen MR) is 174 cm³/mol. The molecule has 1 saturated heterocycles. The molecular formula is C36H33N3O6S. The zero-order chi connectivity index (χ0) is 32.0. The van der Waals surface area contributed by atoms with Gasteiger partial charge in [0.1, 0.15) is 5.69 Å². The van der Waals surface area contributed by atoms with Crippen LogP contribution in [-0.2, 0) is 22.6 Å². The zero-order valence-corrected chi connectivity index (χ0v) is 25.9. The summed E-state index contributed by atoms with van der Waals surface area (Å²) in [7, 11) is 0. The number of aliphatic hydroxyl groups is 1. The molecule has 1 fully saturated rings. The number of carbonyl (C=O) groups is 2. The van der Waals surface area contributed by atoms with Gasteiger partial charge in [-0.15, -0.1) is 11.8 Å². The van der Waals surface area contributed by atoms with Crippen LogP contribution in [0.5, 0.6) is 0 Å². The third-order valence-corrected chi connectivity index (χ3v) is 9.19. The van der Waals surface area contributed by atoms with Crippen LogP contribution in [0, 0.1) is 5.92 Å². The number of aromatic carboxylic acids is 1. The van der Waals surface area contributed by atoms with E-state index in [0.717, 1.165) is 27.8 Å². The summed E-state index contributed by atoms with van der Waals surface area (Å²) in [4.78, 5) is 34.0. The Morgan fingerprint density at radius 1 is 0.848 bits per heavy atom. The highest BCUT2D eigenvalue weighted by molar-refractivity contribution is 7.99. The molecule has 234 valence electrons. The zero-order valence-electron chi connectivity index (χ0n) is 25.1. The average molecular weight is 636 g/mol. The predicted octanol–water partition coefficient (Wildman–Crippen LogP) is 6.33. The molecule has 1 aliphatic heterocycles. The maximum atomic E-state index is 12.8. The topological polar surface area (TPSA) is 131 Å². The molecule has 0 spiro atoms. The molecule has 0 unspecified atom stereocenters. The first-order valence-corrected chi connectivity index (χ1v) is 15.9. The van der Waals surface area contributed by atoms with Gasteiger partial charge < -0.3 is 25.0 Å². The second-order valence-corrected chi connectivity index (χ2v) is 12.2. The van der Waals surface area contributed by atoms with Gasteiger partial charge in [-0.2, -0.15) is 0 Å². The lowest BCUT2D eigenvalue weighted by Crippen LogP contribution is -2.38. The second-order valence-electron chi connectivity index (χ2n) is 11.1. The minimum atomic E-state index is -0.967. The number of carbonyl (C=O) groups excluding carboxylic acids is 1. The molecule has 4 aromatic carbocycles. The highest BCUT2D eigenvalue weighted by Gasteiger charge is 2.38. The van der Waals surface area contributed by atoms with Crippen LogP contribution in [-0.4, -0.2) is 43.9 Å². The van der Waals surface area contributed by atoms with Gasteiger partial charge in [0.2, 0.25) is 0 Å². The van der Waals surface area contributed by atoms with E-state index in [1.54, 1.807) is 12.1 Å². The van der Waals surface area contributed by atoms with E-state index in [0.29, 0.717) is 22.7 Å². The first-order valence-electron chi connectivity index (χ1n) is 14.9. The number of amides is 1. The van der Waals surface area contributed by atoms with Crippen molar-refractivity contribution in [2.24, 2.45) is 5.92 Å². The summed E-state index contributed by atoms with van der Waals surface area (Å²) in [6.45, 7) is 2.33. The molecule has 3 N–H and O–H groups in total. The first kappa shape index (κ1) is 31.4. The van der Waals surface area contributed by atoms with E-state index in [1.165, 1.54) is 18.0 Å². The van der Waals surface area contributed by atoms with Crippen LogP contribution in [0.15, 0.2) is 108 Å². The third kappa shape index (κ3) is 7.11. The molecule has 0 saturated carbocycles. The summed E-state index contributed by atoms with van der Waals surface area (Å²) in [5, 5.41) is 22.1. The Kier molecular flexibility index (Phi) is 9.70. The SMILES string of the molecule is C[C@@H]1[C@H](CSc2ccccc2C(=O)O)O[C@H](c2ccc(CNC(=O)c3cnc4ccccc4n3)cc2)O[C@@H]1c1ccc(CO)cc1. The number of fused-ring (bicyclic) bond motifs is 1. The van der Waals surface area contributed by atoms with Crippen molar-refractivity contribution < 1.29 is 29.3 Å². The number of nitrogens with zero attached hydrogens (tertiary/aromatic N) is 2. The summed E-state index contributed by atoms with van der Waals surface area (Å²) in [6, 6.07) is 29.7. The standard InChI is InChI=1S/C36H33N3O6S/c1-22-31(21-46-32-9-5-2-6-27(32)35(42)43)44-36(45-33(22)25-14-12-24(20-40)13-15-25)26-16-10-23(11-17-26)18-38-34(41)30-19-37-28-7-3-4-8-29(28)39-30/h2-17,19,22,31,33,36,40H,18,20-21H2,1H3,(H,38,41)(H,42,43)/t22-,31+,33+,36+/m1/s1. The van der Waals surface area contributed by atoms with Gasteiger partial charge >= 0.3 is 5.97 Å². The minimum absolute atomic E-state index is 0.0438. The lowest BCUT2D eigenvalue weighted by Gasteiger charge is -2.41. The molecular weight excluding hydrogens is 602 g/mol. The van der Waals surface area contributed by atoms with Gasteiger partial charge in [-0.3, -0.25) is 9.78 Å². The van der Waals surface area contributed by atoms with Crippen molar-refractivity contribution >= 4 is 34.7 Å². The number of hydrogen-bond acceptors (Lipinski definition) is 8. The molecule has 1 amide bonds. The van der Waals surface area contributed by atoms with Gasteiger partial charge in [0.05, 0.1) is 41.6 Å². The summed E-state index contributed by atoms with van der Waals surface area (Å²) in [5.41, 5.74) is 5.39. The van der Waals surface area contributed by atoms with E-state index in [4.69, 9.17) is 9.47 Å². The fourth-order valence-electron chi connectivity index (χ4n) is 5.38. The van der Waals surface area contributed by atoms with E-state index in [9.17, 15) is 19.8 Å². The Labute approximate surface area is 270 Å². The van der Waals surface area contributed by atoms with E-state index in [-0.39, 0.29) is 41.9 Å². The van der Waals surface area contributed by atoms with Crippen LogP contribution in [0.2, 0.25) is 0 Å². The van der Waals surface area contributed by atoms with Gasteiger partial charge in [0.15, 0.2) is 6.29 Å². The molecule has 46 heavy (non-hydrogen) atoms. The second kappa shape index (κ2) is 14.2. The summed E-state index contributed by atoms with van der Waals surface area (Å²) in [5.74, 6) is -0.799. The molecule has 10 heteroatoms. The van der Waals surface area contributed by atoms with Gasteiger partial charge in [-0.25, -0.2) is 9.78 Å². The number of para-hydroxylation sites is 2. The summed E-state index contributed by atoms with van der Waals surface area (Å²) in [6.07, 6.45) is 0.252. The van der Waals surface area contributed by atoms with Crippen molar-refractivity contribution in [3.05, 3.63) is 137 Å². The van der Waals surface area contributed by atoms with Crippen molar-refractivity contribution in [1.29, 1.82) is 0 Å². The Morgan fingerprint density at radius 2 is 1.52 bits per heavy atom. The number of carboxylic acids is 1. The molecule has 2 heterocycles. The Hall–Kier alpha value is -4.61. The fourth-order valence-corrected chi connectivity index (χ4v) is 6.59. The molecule has 0 radical (unpaired) electrons. The fraction of sp³-hybridized carbons (Fsp3) is 0.222. The highest BCUT2D eigenvalue weighted by Crippen LogP contribution is 2.43. The van der Waals surface area contributed by atoms with Gasteiger partial charge in [-0.1, -0.05) is 79.7 Å². The quantitative estimate of drug-likeness (QED) is 0.151. The normalized spacial score (nSPS) is 19.5. The third-order valence-electron chi connectivity index (χ3n) is 8.03. The molecule has 4 atom stereocenters.